The van der Waals surface area contributed by atoms with Crippen LogP contribution in [-0.4, -0.2) is 33.6 Å². The first-order chi connectivity index (χ1) is 16.0. The number of aromatic nitrogens is 3. The van der Waals surface area contributed by atoms with Gasteiger partial charge >= 0.3 is 0 Å². The summed E-state index contributed by atoms with van der Waals surface area (Å²) < 4.78 is 2.62. The Morgan fingerprint density at radius 3 is 2.85 bits per heavy atom. The molecular formula is C24H26BrCl2N5O. The molecule has 174 valence electrons. The molecule has 0 unspecified atom stereocenters. The Morgan fingerprint density at radius 2 is 2.03 bits per heavy atom. The van der Waals surface area contributed by atoms with Crippen molar-refractivity contribution < 1.29 is 4.79 Å². The number of hydrogen-bond acceptors (Lipinski definition) is 4. The SMILES string of the molecule is O=C(CC1=CC(Cl)=CCC1)NCCCCNc1cc(C2=C(Cl)CCC=C2)nc2c(Br)cnn12. The number of rotatable bonds is 9. The van der Waals surface area contributed by atoms with Crippen LogP contribution >= 0.6 is 39.1 Å². The molecule has 2 aliphatic rings. The molecule has 1 amide bonds. The van der Waals surface area contributed by atoms with Crippen molar-refractivity contribution in [3.05, 3.63) is 62.4 Å². The minimum atomic E-state index is 0.0492. The number of nitrogens with one attached hydrogen (secondary N) is 2. The first kappa shape index (κ1) is 24.0. The van der Waals surface area contributed by atoms with Crippen molar-refractivity contribution in [2.45, 2.75) is 44.9 Å². The summed E-state index contributed by atoms with van der Waals surface area (Å²) in [6, 6.07) is 1.99. The zero-order valence-electron chi connectivity index (χ0n) is 18.2. The molecular weight excluding hydrogens is 525 g/mol. The van der Waals surface area contributed by atoms with Crippen LogP contribution in [0.2, 0.25) is 0 Å². The van der Waals surface area contributed by atoms with Gasteiger partial charge < -0.3 is 10.6 Å². The van der Waals surface area contributed by atoms with E-state index in [1.807, 2.05) is 24.3 Å². The Hall–Kier alpha value is -2.09. The number of amides is 1. The summed E-state index contributed by atoms with van der Waals surface area (Å²) in [5, 5.41) is 12.4. The molecule has 0 spiro atoms. The van der Waals surface area contributed by atoms with Crippen LogP contribution in [0, 0.1) is 0 Å². The van der Waals surface area contributed by atoms with Gasteiger partial charge in [0.2, 0.25) is 5.91 Å². The van der Waals surface area contributed by atoms with Gasteiger partial charge in [0.25, 0.3) is 0 Å². The fourth-order valence-electron chi connectivity index (χ4n) is 3.88. The van der Waals surface area contributed by atoms with Crippen molar-refractivity contribution in [3.8, 4) is 0 Å². The minimum Gasteiger partial charge on any atom is -0.370 e. The standard InChI is InChI=1S/C24H26BrCl2N5O/c25-19-15-30-32-22(14-21(31-24(19)32)18-8-1-2-9-20(18)27)28-10-3-4-11-29-23(33)13-16-6-5-7-17(26)12-16/h1,7-8,12,14-15,28H,2-6,9-11,13H2,(H,29,33). The molecule has 0 fully saturated rings. The zero-order valence-corrected chi connectivity index (χ0v) is 21.3. The largest absolute Gasteiger partial charge is 0.370 e. The van der Waals surface area contributed by atoms with Gasteiger partial charge in [-0.2, -0.15) is 9.61 Å². The molecule has 0 bridgehead atoms. The molecule has 4 rings (SSSR count). The predicted molar refractivity (Wildman–Crippen MR) is 138 cm³/mol. The molecule has 2 aliphatic carbocycles. The number of anilines is 1. The molecule has 0 saturated carbocycles. The van der Waals surface area contributed by atoms with Gasteiger partial charge in [-0.3, -0.25) is 4.79 Å². The van der Waals surface area contributed by atoms with E-state index in [0.29, 0.717) is 13.0 Å². The maximum atomic E-state index is 12.2. The lowest BCUT2D eigenvalue weighted by Gasteiger charge is -2.14. The average molecular weight is 551 g/mol. The van der Waals surface area contributed by atoms with Gasteiger partial charge in [-0.1, -0.05) is 47.0 Å². The summed E-state index contributed by atoms with van der Waals surface area (Å²) in [4.78, 5) is 16.9. The van der Waals surface area contributed by atoms with E-state index in [1.54, 1.807) is 10.7 Å². The monoisotopic (exact) mass is 549 g/mol. The molecule has 2 heterocycles. The van der Waals surface area contributed by atoms with Gasteiger partial charge in [0.15, 0.2) is 5.65 Å². The van der Waals surface area contributed by atoms with Crippen molar-refractivity contribution in [1.82, 2.24) is 19.9 Å². The van der Waals surface area contributed by atoms with Crippen LogP contribution in [0.3, 0.4) is 0 Å². The molecule has 2 aromatic rings. The van der Waals surface area contributed by atoms with Gasteiger partial charge in [0.05, 0.1) is 16.4 Å². The Morgan fingerprint density at radius 1 is 1.18 bits per heavy atom. The van der Waals surface area contributed by atoms with E-state index >= 15 is 0 Å². The Balaban J connectivity index is 1.30. The van der Waals surface area contributed by atoms with Gasteiger partial charge in [0.1, 0.15) is 5.82 Å². The quantitative estimate of drug-likeness (QED) is 0.358. The van der Waals surface area contributed by atoms with E-state index in [1.165, 1.54) is 0 Å². The molecule has 33 heavy (non-hydrogen) atoms. The van der Waals surface area contributed by atoms with Crippen molar-refractivity contribution in [3.63, 3.8) is 0 Å². The van der Waals surface area contributed by atoms with Crippen LogP contribution in [0.25, 0.3) is 11.2 Å². The van der Waals surface area contributed by atoms with Crippen molar-refractivity contribution >= 4 is 62.1 Å². The number of hydrogen-bond donors (Lipinski definition) is 2. The normalized spacial score (nSPS) is 16.1. The Bertz CT molecular complexity index is 1170. The number of carbonyl (C=O) groups is 1. The highest BCUT2D eigenvalue weighted by Crippen LogP contribution is 2.31. The Labute approximate surface area is 211 Å². The smallest absolute Gasteiger partial charge is 0.224 e. The van der Waals surface area contributed by atoms with E-state index < -0.39 is 0 Å². The second-order valence-corrected chi connectivity index (χ2v) is 9.85. The van der Waals surface area contributed by atoms with Gasteiger partial charge in [-0.15, -0.1) is 0 Å². The van der Waals surface area contributed by atoms with Crippen LogP contribution in [0.1, 0.15) is 50.6 Å². The van der Waals surface area contributed by atoms with Gasteiger partial charge in [0, 0.05) is 41.2 Å². The number of allylic oxidation sites excluding steroid dienone is 7. The van der Waals surface area contributed by atoms with E-state index in [2.05, 4.69) is 37.7 Å². The lowest BCUT2D eigenvalue weighted by Crippen LogP contribution is -2.25. The number of halogens is 3. The molecule has 2 N–H and O–H groups in total. The highest BCUT2D eigenvalue weighted by molar-refractivity contribution is 9.10. The molecule has 6 nitrogen and oxygen atoms in total. The molecule has 0 aromatic carbocycles. The van der Waals surface area contributed by atoms with Crippen LogP contribution in [0.4, 0.5) is 5.82 Å². The van der Waals surface area contributed by atoms with E-state index in [9.17, 15) is 4.79 Å². The predicted octanol–water partition coefficient (Wildman–Crippen LogP) is 6.33. The van der Waals surface area contributed by atoms with Crippen LogP contribution in [0.15, 0.2) is 56.7 Å². The van der Waals surface area contributed by atoms with E-state index in [-0.39, 0.29) is 5.91 Å². The summed E-state index contributed by atoms with van der Waals surface area (Å²) in [6.45, 7) is 1.40. The van der Waals surface area contributed by atoms with Crippen LogP contribution in [-0.2, 0) is 4.79 Å². The number of fused-ring (bicyclic) bond motifs is 1. The number of nitrogens with zero attached hydrogens (tertiary/aromatic N) is 3. The molecule has 0 saturated heterocycles. The third kappa shape index (κ3) is 6.28. The van der Waals surface area contributed by atoms with Gasteiger partial charge in [-0.25, -0.2) is 4.98 Å². The fraction of sp³-hybridized carbons (Fsp3) is 0.375. The van der Waals surface area contributed by atoms with Gasteiger partial charge in [-0.05, 0) is 60.5 Å². The van der Waals surface area contributed by atoms with E-state index in [4.69, 9.17) is 28.2 Å². The number of unbranched alkanes of at least 4 members (excludes halogenated alkanes) is 1. The third-order valence-electron chi connectivity index (χ3n) is 5.58. The topological polar surface area (TPSA) is 71.3 Å². The summed E-state index contributed by atoms with van der Waals surface area (Å²) in [5.74, 6) is 0.906. The second-order valence-electron chi connectivity index (χ2n) is 8.11. The Kier molecular flexibility index (Phi) is 8.28. The lowest BCUT2D eigenvalue weighted by molar-refractivity contribution is -0.120. The maximum absolute atomic E-state index is 12.2. The molecule has 0 aliphatic heterocycles. The van der Waals surface area contributed by atoms with Crippen molar-refractivity contribution in [2.75, 3.05) is 18.4 Å². The zero-order chi connectivity index (χ0) is 23.2. The number of carbonyl (C=O) groups excluding carboxylic acids is 1. The van der Waals surface area contributed by atoms with Crippen LogP contribution in [0.5, 0.6) is 0 Å². The van der Waals surface area contributed by atoms with Crippen LogP contribution < -0.4 is 10.6 Å². The first-order valence-corrected chi connectivity index (χ1v) is 12.7. The fourth-order valence-corrected chi connectivity index (χ4v) is 4.77. The highest BCUT2D eigenvalue weighted by Gasteiger charge is 2.15. The van der Waals surface area contributed by atoms with E-state index in [0.717, 1.165) is 87.9 Å². The molecule has 0 radical (unpaired) electrons. The molecule has 0 atom stereocenters. The summed E-state index contributed by atoms with van der Waals surface area (Å²) >= 11 is 16.0. The maximum Gasteiger partial charge on any atom is 0.224 e. The second kappa shape index (κ2) is 11.4. The lowest BCUT2D eigenvalue weighted by atomic mass is 10.0. The molecule has 9 heteroatoms. The third-order valence-corrected chi connectivity index (χ3v) is 6.79. The summed E-state index contributed by atoms with van der Waals surface area (Å²) in [7, 11) is 0. The summed E-state index contributed by atoms with van der Waals surface area (Å²) in [5.41, 5.74) is 3.61. The minimum absolute atomic E-state index is 0.0492. The summed E-state index contributed by atoms with van der Waals surface area (Å²) in [6.07, 6.45) is 15.6. The molecule has 2 aromatic heterocycles. The highest BCUT2D eigenvalue weighted by atomic mass is 79.9. The van der Waals surface area contributed by atoms with Crippen molar-refractivity contribution in [1.29, 1.82) is 0 Å². The average Bonchev–Trinajstić information content (AvgIpc) is 3.17. The van der Waals surface area contributed by atoms with Crippen molar-refractivity contribution in [2.24, 2.45) is 0 Å². The first-order valence-electron chi connectivity index (χ1n) is 11.2.